The van der Waals surface area contributed by atoms with Gasteiger partial charge in [-0.05, 0) is 48.5 Å². The molecule has 2 aromatic carbocycles. The first-order chi connectivity index (χ1) is 16.7. The van der Waals surface area contributed by atoms with Crippen LogP contribution in [0.2, 0.25) is 0 Å². The third-order valence-electron chi connectivity index (χ3n) is 5.81. The van der Waals surface area contributed by atoms with Crippen molar-refractivity contribution in [2.24, 2.45) is 0 Å². The minimum absolute atomic E-state index is 0.260. The van der Waals surface area contributed by atoms with E-state index in [2.05, 4.69) is 32.3 Å². The number of aromatic nitrogens is 3. The highest BCUT2D eigenvalue weighted by Crippen LogP contribution is 2.34. The van der Waals surface area contributed by atoms with Gasteiger partial charge in [0, 0.05) is 30.0 Å². The molecule has 1 aliphatic rings. The van der Waals surface area contributed by atoms with E-state index < -0.39 is 0 Å². The summed E-state index contributed by atoms with van der Waals surface area (Å²) in [7, 11) is 3.18. The van der Waals surface area contributed by atoms with Crippen LogP contribution in [0.4, 0.5) is 17.2 Å². The van der Waals surface area contributed by atoms with Crippen LogP contribution >= 0.6 is 0 Å². The number of hydrogen-bond acceptors (Lipinski definition) is 8. The minimum Gasteiger partial charge on any atom is -0.493 e. The lowest BCUT2D eigenvalue weighted by atomic mass is 10.1. The smallest absolute Gasteiger partial charge is 0.262 e. The molecule has 0 spiro atoms. The van der Waals surface area contributed by atoms with Crippen molar-refractivity contribution in [2.45, 2.75) is 0 Å². The van der Waals surface area contributed by atoms with E-state index in [0.29, 0.717) is 33.9 Å². The summed E-state index contributed by atoms with van der Waals surface area (Å²) < 4.78 is 16.2. The predicted octanol–water partition coefficient (Wildman–Crippen LogP) is 3.58. The molecule has 0 amide bonds. The van der Waals surface area contributed by atoms with Gasteiger partial charge in [-0.2, -0.15) is 0 Å². The molecular weight excluding hydrogens is 434 g/mol. The van der Waals surface area contributed by atoms with Crippen molar-refractivity contribution in [1.29, 1.82) is 0 Å². The van der Waals surface area contributed by atoms with E-state index in [1.54, 1.807) is 20.3 Å². The maximum atomic E-state index is 12.7. The number of benzene rings is 2. The zero-order valence-corrected chi connectivity index (χ0v) is 19.0. The second-order valence-electron chi connectivity index (χ2n) is 7.82. The molecular formula is C25H25N5O4. The van der Waals surface area contributed by atoms with Crippen LogP contribution in [-0.4, -0.2) is 55.5 Å². The van der Waals surface area contributed by atoms with Gasteiger partial charge in [0.2, 0.25) is 0 Å². The van der Waals surface area contributed by atoms with Crippen molar-refractivity contribution in [3.8, 4) is 22.8 Å². The number of H-pyrrole nitrogens is 1. The monoisotopic (exact) mass is 459 g/mol. The first-order valence-corrected chi connectivity index (χ1v) is 11.0. The Kier molecular flexibility index (Phi) is 6.01. The van der Waals surface area contributed by atoms with Crippen molar-refractivity contribution in [3.05, 3.63) is 65.2 Å². The standard InChI is InChI=1S/C25H25N5O4/c1-32-21-8-3-16(13-22(21)33-2)19-14-20-23(25(31)27-15-26-20)24(29-19)28-17-4-6-18(7-5-17)30-9-11-34-12-10-30/h3-8,13-15H,9-12H2,1-2H3,(H,28,29)(H,26,27,31). The average Bonchev–Trinajstić information content (AvgIpc) is 2.89. The van der Waals surface area contributed by atoms with Crippen LogP contribution in [0.15, 0.2) is 59.7 Å². The molecule has 9 nitrogen and oxygen atoms in total. The summed E-state index contributed by atoms with van der Waals surface area (Å²) in [6.07, 6.45) is 1.39. The molecule has 0 unspecified atom stereocenters. The first-order valence-electron chi connectivity index (χ1n) is 11.0. The molecule has 0 bridgehead atoms. The predicted molar refractivity (Wildman–Crippen MR) is 131 cm³/mol. The number of fused-ring (bicyclic) bond motifs is 1. The number of nitrogens with zero attached hydrogens (tertiary/aromatic N) is 3. The van der Waals surface area contributed by atoms with Gasteiger partial charge in [0.1, 0.15) is 11.2 Å². The number of aromatic amines is 1. The second kappa shape index (κ2) is 9.40. The van der Waals surface area contributed by atoms with Crippen molar-refractivity contribution >= 4 is 28.1 Å². The molecule has 2 aromatic heterocycles. The fourth-order valence-electron chi connectivity index (χ4n) is 4.04. The SMILES string of the molecule is COc1ccc(-c2cc3nc[nH]c(=O)c3c(Nc3ccc(N4CCOCC4)cc3)n2)cc1OC. The van der Waals surface area contributed by atoms with Gasteiger partial charge in [0.05, 0.1) is 45.0 Å². The Bertz CT molecular complexity index is 1360. The lowest BCUT2D eigenvalue weighted by Gasteiger charge is -2.28. The molecule has 34 heavy (non-hydrogen) atoms. The minimum atomic E-state index is -0.260. The van der Waals surface area contributed by atoms with Crippen LogP contribution in [0.3, 0.4) is 0 Å². The topological polar surface area (TPSA) is 102 Å². The Labute approximate surface area is 196 Å². The lowest BCUT2D eigenvalue weighted by Crippen LogP contribution is -2.36. The third kappa shape index (κ3) is 4.25. The van der Waals surface area contributed by atoms with Crippen LogP contribution in [0.25, 0.3) is 22.2 Å². The quantitative estimate of drug-likeness (QED) is 0.451. The molecule has 9 heteroatoms. The zero-order chi connectivity index (χ0) is 23.5. The van der Waals surface area contributed by atoms with E-state index >= 15 is 0 Å². The number of morpholine rings is 1. The highest BCUT2D eigenvalue weighted by molar-refractivity contribution is 5.93. The summed E-state index contributed by atoms with van der Waals surface area (Å²) in [4.78, 5) is 26.7. The molecule has 0 saturated carbocycles. The summed E-state index contributed by atoms with van der Waals surface area (Å²) in [6, 6.07) is 15.4. The number of nitrogens with one attached hydrogen (secondary N) is 2. The Morgan fingerprint density at radius 2 is 1.76 bits per heavy atom. The van der Waals surface area contributed by atoms with E-state index in [4.69, 9.17) is 19.2 Å². The van der Waals surface area contributed by atoms with Gasteiger partial charge >= 0.3 is 0 Å². The van der Waals surface area contributed by atoms with E-state index in [1.165, 1.54) is 6.33 Å². The first kappa shape index (κ1) is 21.7. The number of hydrogen-bond donors (Lipinski definition) is 2. The summed E-state index contributed by atoms with van der Waals surface area (Å²) in [5.74, 6) is 1.64. The summed E-state index contributed by atoms with van der Waals surface area (Å²) in [5, 5.41) is 3.70. The van der Waals surface area contributed by atoms with E-state index in [9.17, 15) is 4.79 Å². The van der Waals surface area contributed by atoms with Crippen LogP contribution in [0.1, 0.15) is 0 Å². The summed E-state index contributed by atoms with van der Waals surface area (Å²) in [6.45, 7) is 3.20. The van der Waals surface area contributed by atoms with Crippen molar-refractivity contribution in [2.75, 3.05) is 50.7 Å². The van der Waals surface area contributed by atoms with E-state index in [0.717, 1.165) is 43.2 Å². The largest absolute Gasteiger partial charge is 0.493 e. The molecule has 2 N–H and O–H groups in total. The molecule has 3 heterocycles. The highest BCUT2D eigenvalue weighted by atomic mass is 16.5. The Morgan fingerprint density at radius 3 is 2.50 bits per heavy atom. The number of anilines is 3. The van der Waals surface area contributed by atoms with Crippen LogP contribution < -0.4 is 25.2 Å². The molecule has 1 fully saturated rings. The molecule has 174 valence electrons. The van der Waals surface area contributed by atoms with Gasteiger partial charge in [0.15, 0.2) is 11.5 Å². The maximum absolute atomic E-state index is 12.7. The zero-order valence-electron chi connectivity index (χ0n) is 19.0. The summed E-state index contributed by atoms with van der Waals surface area (Å²) >= 11 is 0. The Morgan fingerprint density at radius 1 is 1.00 bits per heavy atom. The van der Waals surface area contributed by atoms with Gasteiger partial charge in [-0.3, -0.25) is 4.79 Å². The number of rotatable bonds is 6. The summed E-state index contributed by atoms with van der Waals surface area (Å²) in [5.41, 5.74) is 3.69. The van der Waals surface area contributed by atoms with Crippen molar-refractivity contribution < 1.29 is 14.2 Å². The highest BCUT2D eigenvalue weighted by Gasteiger charge is 2.15. The molecule has 0 radical (unpaired) electrons. The third-order valence-corrected chi connectivity index (χ3v) is 5.81. The van der Waals surface area contributed by atoms with Crippen LogP contribution in [0, 0.1) is 0 Å². The van der Waals surface area contributed by atoms with Gasteiger partial charge in [-0.1, -0.05) is 0 Å². The second-order valence-corrected chi connectivity index (χ2v) is 7.82. The van der Waals surface area contributed by atoms with Gasteiger partial charge < -0.3 is 29.4 Å². The maximum Gasteiger partial charge on any atom is 0.262 e. The van der Waals surface area contributed by atoms with Crippen molar-refractivity contribution in [3.63, 3.8) is 0 Å². The Hall–Kier alpha value is -4.11. The fraction of sp³-hybridized carbons (Fsp3) is 0.240. The molecule has 0 atom stereocenters. The van der Waals surface area contributed by atoms with E-state index in [1.807, 2.05) is 30.3 Å². The van der Waals surface area contributed by atoms with Crippen LogP contribution in [-0.2, 0) is 4.74 Å². The number of ether oxygens (including phenoxy) is 3. The van der Waals surface area contributed by atoms with Gasteiger partial charge in [0.25, 0.3) is 5.56 Å². The number of methoxy groups -OCH3 is 2. The van der Waals surface area contributed by atoms with Crippen LogP contribution in [0.5, 0.6) is 11.5 Å². The fourth-order valence-corrected chi connectivity index (χ4v) is 4.04. The molecule has 0 aliphatic carbocycles. The van der Waals surface area contributed by atoms with Crippen molar-refractivity contribution in [1.82, 2.24) is 15.0 Å². The molecule has 4 aromatic rings. The average molecular weight is 460 g/mol. The lowest BCUT2D eigenvalue weighted by molar-refractivity contribution is 0.122. The van der Waals surface area contributed by atoms with Gasteiger partial charge in [-0.25, -0.2) is 9.97 Å². The molecule has 5 rings (SSSR count). The molecule has 1 saturated heterocycles. The van der Waals surface area contributed by atoms with E-state index in [-0.39, 0.29) is 5.56 Å². The molecule has 1 aliphatic heterocycles. The Balaban J connectivity index is 1.53. The normalized spacial score (nSPS) is 13.6. The van der Waals surface area contributed by atoms with Gasteiger partial charge in [-0.15, -0.1) is 0 Å². The number of pyridine rings is 1.